The standard InChI is InChI=1S/C23H29N5O7/c29-19(30)11-10-18(22(33)34)28-23(35)27-17(21(31)32)9-3-6-14-26-20(15-7-1-4-12-24-15)16-8-2-5-13-25-16/h1-2,4-5,7-8,12-13,17-18,20,26H,3,6,9-11,14H2,(H,29,30)(H,31,32)(H,33,34)(H2,27,28,35)/t17?,18-/m0/s1. The van der Waals surface area contributed by atoms with Crippen LogP contribution in [0.5, 0.6) is 0 Å². The SMILES string of the molecule is O=C(O)CC[C@H](NC(=O)NC(CCCCNC(c1ccccn1)c1ccccn1)C(=O)O)C(=O)O. The molecule has 188 valence electrons. The lowest BCUT2D eigenvalue weighted by Crippen LogP contribution is -2.51. The maximum Gasteiger partial charge on any atom is 0.326 e. The second kappa shape index (κ2) is 14.3. The van der Waals surface area contributed by atoms with E-state index in [1.54, 1.807) is 12.4 Å². The lowest BCUT2D eigenvalue weighted by atomic mass is 10.1. The highest BCUT2D eigenvalue weighted by Gasteiger charge is 2.25. The molecule has 0 spiro atoms. The Morgan fingerprint density at radius 3 is 1.77 bits per heavy atom. The van der Waals surface area contributed by atoms with Gasteiger partial charge in [0.15, 0.2) is 0 Å². The van der Waals surface area contributed by atoms with E-state index in [0.717, 1.165) is 11.4 Å². The Labute approximate surface area is 201 Å². The largest absolute Gasteiger partial charge is 0.481 e. The molecule has 12 nitrogen and oxygen atoms in total. The van der Waals surface area contributed by atoms with Gasteiger partial charge in [-0.25, -0.2) is 14.4 Å². The molecule has 2 amide bonds. The van der Waals surface area contributed by atoms with Crippen molar-refractivity contribution < 1.29 is 34.5 Å². The molecule has 35 heavy (non-hydrogen) atoms. The Kier molecular flexibility index (Phi) is 11.1. The van der Waals surface area contributed by atoms with Crippen LogP contribution in [0.3, 0.4) is 0 Å². The van der Waals surface area contributed by atoms with E-state index >= 15 is 0 Å². The van der Waals surface area contributed by atoms with E-state index < -0.39 is 42.4 Å². The predicted molar refractivity (Wildman–Crippen MR) is 124 cm³/mol. The van der Waals surface area contributed by atoms with Crippen LogP contribution in [0, 0.1) is 0 Å². The van der Waals surface area contributed by atoms with Crippen LogP contribution in [0.2, 0.25) is 0 Å². The van der Waals surface area contributed by atoms with E-state index in [4.69, 9.17) is 10.2 Å². The molecule has 0 aromatic carbocycles. The third-order valence-electron chi connectivity index (χ3n) is 5.09. The number of nitrogens with zero attached hydrogens (tertiary/aromatic N) is 2. The van der Waals surface area contributed by atoms with Gasteiger partial charge in [-0.2, -0.15) is 0 Å². The van der Waals surface area contributed by atoms with Crippen molar-refractivity contribution in [2.75, 3.05) is 6.54 Å². The molecule has 6 N–H and O–H groups in total. The predicted octanol–water partition coefficient (Wildman–Crippen LogP) is 1.40. The molecule has 2 aromatic rings. The molecule has 12 heteroatoms. The van der Waals surface area contributed by atoms with E-state index in [0.29, 0.717) is 19.4 Å². The number of hydrogen-bond acceptors (Lipinski definition) is 7. The molecule has 0 fully saturated rings. The number of aromatic nitrogens is 2. The van der Waals surface area contributed by atoms with Crippen LogP contribution >= 0.6 is 0 Å². The third kappa shape index (κ3) is 9.76. The van der Waals surface area contributed by atoms with Crippen molar-refractivity contribution in [2.45, 2.75) is 50.2 Å². The van der Waals surface area contributed by atoms with Crippen LogP contribution < -0.4 is 16.0 Å². The molecule has 0 bridgehead atoms. The van der Waals surface area contributed by atoms with Crippen LogP contribution in [-0.2, 0) is 14.4 Å². The number of carboxylic acid groups (broad SMARTS) is 3. The van der Waals surface area contributed by atoms with Gasteiger partial charge in [0, 0.05) is 18.8 Å². The highest BCUT2D eigenvalue weighted by Crippen LogP contribution is 2.18. The molecule has 0 saturated heterocycles. The summed E-state index contributed by atoms with van der Waals surface area (Å²) >= 11 is 0. The van der Waals surface area contributed by atoms with Gasteiger partial charge < -0.3 is 31.3 Å². The summed E-state index contributed by atoms with van der Waals surface area (Å²) in [5.74, 6) is -3.87. The van der Waals surface area contributed by atoms with Crippen molar-refractivity contribution in [3.63, 3.8) is 0 Å². The minimum Gasteiger partial charge on any atom is -0.481 e. The monoisotopic (exact) mass is 487 g/mol. The zero-order chi connectivity index (χ0) is 25.6. The number of carboxylic acids is 3. The summed E-state index contributed by atoms with van der Waals surface area (Å²) in [7, 11) is 0. The fourth-order valence-electron chi connectivity index (χ4n) is 3.31. The minimum atomic E-state index is -1.44. The van der Waals surface area contributed by atoms with Gasteiger partial charge in [-0.3, -0.25) is 14.8 Å². The third-order valence-corrected chi connectivity index (χ3v) is 5.09. The Balaban J connectivity index is 1.84. The van der Waals surface area contributed by atoms with Crippen molar-refractivity contribution in [1.82, 2.24) is 25.9 Å². The molecule has 0 aliphatic heterocycles. The number of urea groups is 1. The maximum absolute atomic E-state index is 12.1. The van der Waals surface area contributed by atoms with E-state index in [1.165, 1.54) is 0 Å². The number of nitrogens with one attached hydrogen (secondary N) is 3. The van der Waals surface area contributed by atoms with Gasteiger partial charge in [-0.15, -0.1) is 0 Å². The first-order chi connectivity index (χ1) is 16.8. The van der Waals surface area contributed by atoms with Gasteiger partial charge in [-0.05, 0) is 56.5 Å². The quantitative estimate of drug-likeness (QED) is 0.200. The number of hydrogen-bond donors (Lipinski definition) is 6. The summed E-state index contributed by atoms with van der Waals surface area (Å²) in [4.78, 5) is 54.3. The van der Waals surface area contributed by atoms with Crippen LogP contribution in [0.15, 0.2) is 48.8 Å². The highest BCUT2D eigenvalue weighted by molar-refractivity contribution is 5.86. The van der Waals surface area contributed by atoms with Crippen molar-refractivity contribution >= 4 is 23.9 Å². The van der Waals surface area contributed by atoms with E-state index in [2.05, 4.69) is 25.9 Å². The molecule has 0 saturated carbocycles. The van der Waals surface area contributed by atoms with Gasteiger partial charge >= 0.3 is 23.9 Å². The van der Waals surface area contributed by atoms with Crippen LogP contribution in [-0.4, -0.2) is 67.9 Å². The van der Waals surface area contributed by atoms with Crippen LogP contribution in [0.4, 0.5) is 4.79 Å². The van der Waals surface area contributed by atoms with E-state index in [9.17, 15) is 24.3 Å². The number of carbonyl (C=O) groups is 4. The normalized spacial score (nSPS) is 12.5. The number of carbonyl (C=O) groups excluding carboxylic acids is 1. The molecule has 0 radical (unpaired) electrons. The zero-order valence-corrected chi connectivity index (χ0v) is 19.0. The first kappa shape index (κ1) is 27.2. The summed E-state index contributed by atoms with van der Waals surface area (Å²) in [6.07, 6.45) is 3.78. The number of unbranched alkanes of at least 4 members (excludes halogenated alkanes) is 1. The summed E-state index contributed by atoms with van der Waals surface area (Å²) in [5, 5.41) is 34.9. The molecular formula is C23H29N5O7. The fraction of sp³-hybridized carbons (Fsp3) is 0.391. The summed E-state index contributed by atoms with van der Waals surface area (Å²) in [6.45, 7) is 0.534. The molecule has 1 unspecified atom stereocenters. The highest BCUT2D eigenvalue weighted by atomic mass is 16.4. The van der Waals surface area contributed by atoms with E-state index in [1.807, 2.05) is 36.4 Å². The van der Waals surface area contributed by atoms with Gasteiger partial charge in [0.2, 0.25) is 0 Å². The van der Waals surface area contributed by atoms with Gasteiger partial charge in [-0.1, -0.05) is 12.1 Å². The second-order valence-electron chi connectivity index (χ2n) is 7.72. The molecule has 2 atom stereocenters. The number of pyridine rings is 2. The second-order valence-corrected chi connectivity index (χ2v) is 7.72. The van der Waals surface area contributed by atoms with Gasteiger partial charge in [0.1, 0.15) is 12.1 Å². The van der Waals surface area contributed by atoms with Crippen molar-refractivity contribution in [3.05, 3.63) is 60.2 Å². The minimum absolute atomic E-state index is 0.120. The Morgan fingerprint density at radius 1 is 0.771 bits per heavy atom. The van der Waals surface area contributed by atoms with Gasteiger partial charge in [0.25, 0.3) is 0 Å². The molecule has 0 aliphatic rings. The molecule has 2 aromatic heterocycles. The van der Waals surface area contributed by atoms with Crippen LogP contribution in [0.1, 0.15) is 49.5 Å². The molecule has 0 aliphatic carbocycles. The average Bonchev–Trinajstić information content (AvgIpc) is 2.83. The smallest absolute Gasteiger partial charge is 0.326 e. The first-order valence-corrected chi connectivity index (χ1v) is 11.1. The van der Waals surface area contributed by atoms with E-state index in [-0.39, 0.29) is 18.9 Å². The zero-order valence-electron chi connectivity index (χ0n) is 19.0. The summed E-state index contributed by atoms with van der Waals surface area (Å²) in [6, 6.07) is 7.26. The maximum atomic E-state index is 12.1. The van der Waals surface area contributed by atoms with Gasteiger partial charge in [0.05, 0.1) is 17.4 Å². The lowest BCUT2D eigenvalue weighted by Gasteiger charge is -2.19. The van der Waals surface area contributed by atoms with Crippen molar-refractivity contribution in [3.8, 4) is 0 Å². The lowest BCUT2D eigenvalue weighted by molar-refractivity contribution is -0.140. The number of aliphatic carboxylic acids is 3. The van der Waals surface area contributed by atoms with Crippen LogP contribution in [0.25, 0.3) is 0 Å². The fourth-order valence-corrected chi connectivity index (χ4v) is 3.31. The molecular weight excluding hydrogens is 458 g/mol. The Bertz CT molecular complexity index is 935. The summed E-state index contributed by atoms with van der Waals surface area (Å²) in [5.41, 5.74) is 1.59. The number of rotatable bonds is 15. The average molecular weight is 488 g/mol. The number of amides is 2. The van der Waals surface area contributed by atoms with Crippen molar-refractivity contribution in [1.29, 1.82) is 0 Å². The van der Waals surface area contributed by atoms with Crippen molar-refractivity contribution in [2.24, 2.45) is 0 Å². The molecule has 2 rings (SSSR count). The Morgan fingerprint density at radius 2 is 1.31 bits per heavy atom. The topological polar surface area (TPSA) is 191 Å². The first-order valence-electron chi connectivity index (χ1n) is 11.1. The summed E-state index contributed by atoms with van der Waals surface area (Å²) < 4.78 is 0. The Hall–Kier alpha value is -4.06. The molecule has 2 heterocycles.